The molecule has 0 fully saturated rings. The number of rotatable bonds is 5. The molecule has 5 nitrogen and oxygen atoms in total. The zero-order valence-corrected chi connectivity index (χ0v) is 20.4. The second-order valence-electron chi connectivity index (χ2n) is 8.31. The van der Waals surface area contributed by atoms with E-state index < -0.39 is 0 Å². The van der Waals surface area contributed by atoms with Crippen molar-refractivity contribution in [1.82, 2.24) is 4.90 Å². The summed E-state index contributed by atoms with van der Waals surface area (Å²) in [4.78, 5) is 15.3. The van der Waals surface area contributed by atoms with E-state index in [0.29, 0.717) is 53.5 Å². The summed E-state index contributed by atoms with van der Waals surface area (Å²) in [6.45, 7) is 6.01. The SMILES string of the molecule is CCOc1ccc(/C=C2\Oc3c4c(cc(C)c3C2=O)OCN(Cc2ccc(Cl)cc2Cl)C4)cc1. The van der Waals surface area contributed by atoms with E-state index in [-0.39, 0.29) is 5.78 Å². The van der Waals surface area contributed by atoms with Crippen LogP contribution < -0.4 is 14.2 Å². The zero-order chi connectivity index (χ0) is 23.8. The van der Waals surface area contributed by atoms with Crippen LogP contribution in [0.5, 0.6) is 17.2 Å². The molecule has 34 heavy (non-hydrogen) atoms. The Hall–Kier alpha value is -2.99. The second-order valence-corrected chi connectivity index (χ2v) is 9.16. The maximum atomic E-state index is 13.2. The number of allylic oxidation sites excluding steroid dienone is 1. The Balaban J connectivity index is 1.42. The van der Waals surface area contributed by atoms with E-state index in [9.17, 15) is 4.79 Å². The lowest BCUT2D eigenvalue weighted by atomic mass is 9.98. The van der Waals surface area contributed by atoms with E-state index in [2.05, 4.69) is 4.90 Å². The largest absolute Gasteiger partial charge is 0.494 e. The Morgan fingerprint density at radius 2 is 1.91 bits per heavy atom. The number of fused-ring (bicyclic) bond motifs is 3. The molecule has 0 bridgehead atoms. The predicted molar refractivity (Wildman–Crippen MR) is 133 cm³/mol. The van der Waals surface area contributed by atoms with Gasteiger partial charge in [-0.25, -0.2) is 0 Å². The van der Waals surface area contributed by atoms with Gasteiger partial charge in [0.25, 0.3) is 0 Å². The van der Waals surface area contributed by atoms with E-state index in [0.717, 1.165) is 33.8 Å². The topological polar surface area (TPSA) is 48.0 Å². The number of carbonyl (C=O) groups is 1. The van der Waals surface area contributed by atoms with Crippen molar-refractivity contribution in [3.8, 4) is 17.2 Å². The summed E-state index contributed by atoms with van der Waals surface area (Å²) in [7, 11) is 0. The summed E-state index contributed by atoms with van der Waals surface area (Å²) in [5, 5.41) is 1.21. The summed E-state index contributed by atoms with van der Waals surface area (Å²) in [6, 6.07) is 15.0. The van der Waals surface area contributed by atoms with Crippen molar-refractivity contribution in [2.24, 2.45) is 0 Å². The minimum Gasteiger partial charge on any atom is -0.494 e. The summed E-state index contributed by atoms with van der Waals surface area (Å²) in [6.07, 6.45) is 1.76. The minimum atomic E-state index is -0.123. The molecule has 0 spiro atoms. The number of ether oxygens (including phenoxy) is 3. The van der Waals surface area contributed by atoms with Crippen molar-refractivity contribution >= 4 is 35.1 Å². The molecule has 0 N–H and O–H groups in total. The number of benzene rings is 3. The first-order valence-electron chi connectivity index (χ1n) is 11.1. The first-order valence-corrected chi connectivity index (χ1v) is 11.8. The number of Topliss-reactive ketones (excluding diaryl/α,β-unsaturated/α-hetero) is 1. The van der Waals surface area contributed by atoms with E-state index in [1.54, 1.807) is 12.1 Å². The lowest BCUT2D eigenvalue weighted by Crippen LogP contribution is -2.32. The molecule has 7 heteroatoms. The first-order chi connectivity index (χ1) is 16.4. The van der Waals surface area contributed by atoms with Crippen LogP contribution in [-0.2, 0) is 13.1 Å². The Bertz CT molecular complexity index is 1300. The smallest absolute Gasteiger partial charge is 0.232 e. The third kappa shape index (κ3) is 4.39. The first kappa shape index (κ1) is 22.8. The van der Waals surface area contributed by atoms with E-state index in [1.165, 1.54) is 0 Å². The number of halogens is 2. The molecule has 0 radical (unpaired) electrons. The molecule has 0 atom stereocenters. The summed E-state index contributed by atoms with van der Waals surface area (Å²) >= 11 is 12.4. The number of nitrogens with zero attached hydrogens (tertiary/aromatic N) is 1. The van der Waals surface area contributed by atoms with Gasteiger partial charge in [0.05, 0.1) is 17.7 Å². The highest BCUT2D eigenvalue weighted by atomic mass is 35.5. The Morgan fingerprint density at radius 1 is 1.12 bits per heavy atom. The van der Waals surface area contributed by atoms with Gasteiger partial charge in [-0.2, -0.15) is 0 Å². The molecule has 0 unspecified atom stereocenters. The molecule has 0 saturated carbocycles. The van der Waals surface area contributed by atoms with Gasteiger partial charge >= 0.3 is 0 Å². The Kier molecular flexibility index (Phi) is 6.26. The fourth-order valence-electron chi connectivity index (χ4n) is 4.25. The van der Waals surface area contributed by atoms with Gasteiger partial charge in [0.2, 0.25) is 5.78 Å². The molecule has 3 aromatic rings. The maximum absolute atomic E-state index is 13.2. The molecule has 0 aliphatic carbocycles. The molecule has 2 aliphatic rings. The third-order valence-corrected chi connectivity index (χ3v) is 6.47. The minimum absolute atomic E-state index is 0.123. The lowest BCUT2D eigenvalue weighted by molar-refractivity contribution is 0.0872. The van der Waals surface area contributed by atoms with Crippen LogP contribution in [0.2, 0.25) is 10.0 Å². The number of ketones is 1. The molecule has 2 aliphatic heterocycles. The van der Waals surface area contributed by atoms with Crippen LogP contribution in [0.4, 0.5) is 0 Å². The van der Waals surface area contributed by atoms with Crippen molar-refractivity contribution in [3.63, 3.8) is 0 Å². The highest BCUT2D eigenvalue weighted by molar-refractivity contribution is 6.35. The average molecular weight is 496 g/mol. The number of aryl methyl sites for hydroxylation is 1. The number of hydrogen-bond acceptors (Lipinski definition) is 5. The molecule has 0 saturated heterocycles. The van der Waals surface area contributed by atoms with Crippen LogP contribution in [0.15, 0.2) is 54.3 Å². The van der Waals surface area contributed by atoms with E-state index >= 15 is 0 Å². The normalized spacial score (nSPS) is 16.1. The van der Waals surface area contributed by atoms with Crippen molar-refractivity contribution < 1.29 is 19.0 Å². The Morgan fingerprint density at radius 3 is 2.65 bits per heavy atom. The third-order valence-electron chi connectivity index (χ3n) is 5.89. The zero-order valence-electron chi connectivity index (χ0n) is 18.9. The van der Waals surface area contributed by atoms with Gasteiger partial charge in [0.15, 0.2) is 5.76 Å². The van der Waals surface area contributed by atoms with Gasteiger partial charge < -0.3 is 14.2 Å². The monoisotopic (exact) mass is 495 g/mol. The van der Waals surface area contributed by atoms with Crippen LogP contribution in [0, 0.1) is 6.92 Å². The second kappa shape index (κ2) is 9.34. The highest BCUT2D eigenvalue weighted by Crippen LogP contribution is 2.44. The fourth-order valence-corrected chi connectivity index (χ4v) is 4.71. The Labute approximate surface area is 208 Å². The standard InChI is InChI=1S/C27H23Cl2NO4/c1-3-32-20-8-4-17(5-9-20)11-24-26(31)25-16(2)10-23-21(27(25)34-24)14-30(15-33-23)13-18-6-7-19(28)12-22(18)29/h4-12H,3,13-15H2,1-2H3/b24-11-. The van der Waals surface area contributed by atoms with Crippen LogP contribution >= 0.6 is 23.2 Å². The molecule has 2 heterocycles. The highest BCUT2D eigenvalue weighted by Gasteiger charge is 2.35. The molecular formula is C27H23Cl2NO4. The maximum Gasteiger partial charge on any atom is 0.232 e. The van der Waals surface area contributed by atoms with Crippen molar-refractivity contribution in [1.29, 1.82) is 0 Å². The van der Waals surface area contributed by atoms with Gasteiger partial charge in [0, 0.05) is 23.1 Å². The quantitative estimate of drug-likeness (QED) is 0.370. The average Bonchev–Trinajstić information content (AvgIpc) is 3.14. The van der Waals surface area contributed by atoms with E-state index in [4.69, 9.17) is 37.4 Å². The van der Waals surface area contributed by atoms with Crippen LogP contribution in [0.3, 0.4) is 0 Å². The van der Waals surface area contributed by atoms with Gasteiger partial charge in [-0.15, -0.1) is 0 Å². The molecule has 174 valence electrons. The number of hydrogen-bond donors (Lipinski definition) is 0. The summed E-state index contributed by atoms with van der Waals surface area (Å²) in [5.74, 6) is 2.28. The van der Waals surface area contributed by atoms with Crippen molar-refractivity contribution in [2.45, 2.75) is 26.9 Å². The molecule has 5 rings (SSSR count). The summed E-state index contributed by atoms with van der Waals surface area (Å²) in [5.41, 5.74) is 4.10. The summed E-state index contributed by atoms with van der Waals surface area (Å²) < 4.78 is 17.7. The lowest BCUT2D eigenvalue weighted by Gasteiger charge is -2.30. The molecular weight excluding hydrogens is 473 g/mol. The van der Waals surface area contributed by atoms with E-state index in [1.807, 2.05) is 56.3 Å². The van der Waals surface area contributed by atoms with Crippen LogP contribution in [-0.4, -0.2) is 24.0 Å². The fraction of sp³-hybridized carbons (Fsp3) is 0.222. The predicted octanol–water partition coefficient (Wildman–Crippen LogP) is 6.67. The van der Waals surface area contributed by atoms with Crippen LogP contribution in [0.1, 0.15) is 39.5 Å². The van der Waals surface area contributed by atoms with Gasteiger partial charge in [-0.1, -0.05) is 41.4 Å². The molecule has 0 aromatic heterocycles. The van der Waals surface area contributed by atoms with Crippen LogP contribution in [0.25, 0.3) is 6.08 Å². The van der Waals surface area contributed by atoms with Gasteiger partial charge in [-0.05, 0) is 66.9 Å². The van der Waals surface area contributed by atoms with Gasteiger partial charge in [0.1, 0.15) is 24.0 Å². The van der Waals surface area contributed by atoms with Gasteiger partial charge in [-0.3, -0.25) is 9.69 Å². The van der Waals surface area contributed by atoms with Crippen molar-refractivity contribution in [2.75, 3.05) is 13.3 Å². The number of carbonyl (C=O) groups excluding carboxylic acids is 1. The molecule has 0 amide bonds. The molecule has 3 aromatic carbocycles. The van der Waals surface area contributed by atoms with Crippen molar-refractivity contribution in [3.05, 3.63) is 92.2 Å².